The van der Waals surface area contributed by atoms with Crippen LogP contribution in [0, 0.1) is 5.92 Å². The fraction of sp³-hybridized carbons (Fsp3) is 0.609. The fourth-order valence-corrected chi connectivity index (χ4v) is 6.15. The first kappa shape index (κ1) is 24.8. The summed E-state index contributed by atoms with van der Waals surface area (Å²) in [6.45, 7) is -0.296. The number of methoxy groups -OCH3 is 1. The number of fused-ring (bicyclic) bond motifs is 1. The van der Waals surface area contributed by atoms with Crippen LogP contribution in [0.15, 0.2) is 30.7 Å². The summed E-state index contributed by atoms with van der Waals surface area (Å²) >= 11 is 0. The van der Waals surface area contributed by atoms with Crippen LogP contribution < -0.4 is 9.64 Å². The average molecular weight is 501 g/mol. The van der Waals surface area contributed by atoms with E-state index in [-0.39, 0.29) is 6.54 Å². The third kappa shape index (κ3) is 5.05. The molecule has 0 radical (unpaired) electrons. The number of benzene rings is 1. The Morgan fingerprint density at radius 2 is 1.91 bits per heavy atom. The summed E-state index contributed by atoms with van der Waals surface area (Å²) in [5, 5.41) is 0. The van der Waals surface area contributed by atoms with Gasteiger partial charge in [-0.15, -0.1) is 0 Å². The molecule has 1 aliphatic carbocycles. The molecule has 1 aromatic heterocycles. The van der Waals surface area contributed by atoms with E-state index in [1.165, 1.54) is 20.0 Å². The van der Waals surface area contributed by atoms with Gasteiger partial charge in [0.05, 0.1) is 25.7 Å². The molecule has 1 saturated carbocycles. The molecule has 0 N–H and O–H groups in total. The number of hydrogen-bond acceptors (Lipinski definition) is 5. The molecule has 0 amide bonds. The third-order valence-electron chi connectivity index (χ3n) is 6.93. The van der Waals surface area contributed by atoms with E-state index in [0.717, 1.165) is 25.0 Å². The molecule has 0 bridgehead atoms. The molecule has 1 aromatic carbocycles. The molecule has 1 fully saturated rings. The van der Waals surface area contributed by atoms with Gasteiger partial charge in [0.15, 0.2) is 0 Å². The van der Waals surface area contributed by atoms with Gasteiger partial charge in [-0.05, 0) is 30.9 Å². The zero-order valence-corrected chi connectivity index (χ0v) is 20.3. The monoisotopic (exact) mass is 500 g/mol. The number of alkyl halides is 3. The molecule has 7 nitrogen and oxygen atoms in total. The van der Waals surface area contributed by atoms with Gasteiger partial charge in [0.25, 0.3) is 0 Å². The molecular weight excluding hydrogens is 469 g/mol. The lowest BCUT2D eigenvalue weighted by Crippen LogP contribution is -2.47. The second kappa shape index (κ2) is 9.77. The van der Waals surface area contributed by atoms with Crippen LogP contribution in [0.2, 0.25) is 0 Å². The molecular formula is C23H31F3N4O3S. The molecule has 2 heterocycles. The fourth-order valence-electron chi connectivity index (χ4n) is 5.19. The maximum Gasteiger partial charge on any atom is 0.511 e. The summed E-state index contributed by atoms with van der Waals surface area (Å²) in [6, 6.07) is 4.82. The van der Waals surface area contributed by atoms with E-state index in [1.807, 2.05) is 28.8 Å². The highest BCUT2D eigenvalue weighted by Gasteiger charge is 2.51. The van der Waals surface area contributed by atoms with E-state index in [0.29, 0.717) is 40.2 Å². The van der Waals surface area contributed by atoms with Crippen LogP contribution in [0.4, 0.5) is 18.9 Å². The van der Waals surface area contributed by atoms with Crippen LogP contribution in [0.25, 0.3) is 0 Å². The van der Waals surface area contributed by atoms with E-state index < -0.39 is 28.1 Å². The maximum atomic E-state index is 13.6. The summed E-state index contributed by atoms with van der Waals surface area (Å²) in [5.74, 6) is 0.889. The Morgan fingerprint density at radius 3 is 2.53 bits per heavy atom. The molecule has 11 heteroatoms. The van der Waals surface area contributed by atoms with Crippen molar-refractivity contribution in [3.8, 4) is 5.75 Å². The van der Waals surface area contributed by atoms with Crippen molar-refractivity contribution in [2.45, 2.75) is 63.2 Å². The standard InChI is InChI=1S/C23H31F3N4O3S/c1-28-12-18(27-16-28)13-30-19(11-10-17-6-3-4-7-17)14-29(34(31,32)23(24,25)26)15-20-21(30)8-5-9-22(20)33-2/h5,8-9,12,16-17,19H,3-4,6-7,10-11,13-15H2,1-2H3/t19-/m0/s1. The predicted octanol–water partition coefficient (Wildman–Crippen LogP) is 4.44. The topological polar surface area (TPSA) is 67.7 Å². The minimum atomic E-state index is -5.52. The first-order valence-corrected chi connectivity index (χ1v) is 13.0. The van der Waals surface area contributed by atoms with Crippen LogP contribution in [0.5, 0.6) is 5.75 Å². The second-order valence-corrected chi connectivity index (χ2v) is 11.2. The van der Waals surface area contributed by atoms with Crippen molar-refractivity contribution in [3.63, 3.8) is 0 Å². The van der Waals surface area contributed by atoms with Crippen molar-refractivity contribution in [2.75, 3.05) is 18.6 Å². The van der Waals surface area contributed by atoms with E-state index >= 15 is 0 Å². The highest BCUT2D eigenvalue weighted by atomic mass is 32.2. The summed E-state index contributed by atoms with van der Waals surface area (Å²) < 4.78 is 73.9. The lowest BCUT2D eigenvalue weighted by atomic mass is 9.97. The summed E-state index contributed by atoms with van der Waals surface area (Å²) in [4.78, 5) is 6.43. The molecule has 1 aliphatic heterocycles. The van der Waals surface area contributed by atoms with Crippen LogP contribution in [0.3, 0.4) is 0 Å². The van der Waals surface area contributed by atoms with Gasteiger partial charge in [-0.25, -0.2) is 13.4 Å². The number of aryl methyl sites for hydroxylation is 1. The molecule has 0 unspecified atom stereocenters. The number of sulfonamides is 1. The Morgan fingerprint density at radius 1 is 1.18 bits per heavy atom. The minimum Gasteiger partial charge on any atom is -0.496 e. The Balaban J connectivity index is 1.77. The van der Waals surface area contributed by atoms with Gasteiger partial charge in [-0.1, -0.05) is 31.7 Å². The number of nitrogens with zero attached hydrogens (tertiary/aromatic N) is 4. The number of ether oxygens (including phenoxy) is 1. The van der Waals surface area contributed by atoms with Gasteiger partial charge in [-0.2, -0.15) is 17.5 Å². The van der Waals surface area contributed by atoms with E-state index in [2.05, 4.69) is 4.98 Å². The third-order valence-corrected chi connectivity index (χ3v) is 8.48. The van der Waals surface area contributed by atoms with Crippen molar-refractivity contribution in [2.24, 2.45) is 13.0 Å². The van der Waals surface area contributed by atoms with Crippen molar-refractivity contribution < 1.29 is 26.3 Å². The number of hydrogen-bond donors (Lipinski definition) is 0. The molecule has 4 rings (SSSR count). The molecule has 188 valence electrons. The normalized spacial score (nSPS) is 20.4. The van der Waals surface area contributed by atoms with Gasteiger partial charge in [0, 0.05) is 43.6 Å². The van der Waals surface area contributed by atoms with E-state index in [1.54, 1.807) is 18.5 Å². The van der Waals surface area contributed by atoms with Crippen LogP contribution in [0.1, 0.15) is 49.8 Å². The Hall–Kier alpha value is -2.27. The zero-order chi connectivity index (χ0) is 24.5. The molecule has 2 aromatic rings. The number of rotatable bonds is 7. The van der Waals surface area contributed by atoms with Gasteiger partial charge >= 0.3 is 15.5 Å². The van der Waals surface area contributed by atoms with Crippen LogP contribution >= 0.6 is 0 Å². The highest BCUT2D eigenvalue weighted by Crippen LogP contribution is 2.40. The lowest BCUT2D eigenvalue weighted by molar-refractivity contribution is -0.0492. The van der Waals surface area contributed by atoms with E-state index in [4.69, 9.17) is 4.74 Å². The summed E-state index contributed by atoms with van der Waals surface area (Å²) in [5.41, 5.74) is -3.51. The van der Waals surface area contributed by atoms with Crippen LogP contribution in [-0.4, -0.2) is 47.5 Å². The molecule has 0 spiro atoms. The summed E-state index contributed by atoms with van der Waals surface area (Å²) in [6.07, 6.45) is 9.55. The van der Waals surface area contributed by atoms with Gasteiger partial charge in [0.2, 0.25) is 0 Å². The predicted molar refractivity (Wildman–Crippen MR) is 123 cm³/mol. The average Bonchev–Trinajstić information content (AvgIpc) is 3.41. The summed E-state index contributed by atoms with van der Waals surface area (Å²) in [7, 11) is -2.23. The Labute approximate surface area is 198 Å². The minimum absolute atomic E-state index is 0.251. The molecule has 34 heavy (non-hydrogen) atoms. The quantitative estimate of drug-likeness (QED) is 0.562. The first-order chi connectivity index (χ1) is 16.1. The maximum absolute atomic E-state index is 13.6. The second-order valence-electron chi connectivity index (χ2n) is 9.24. The lowest BCUT2D eigenvalue weighted by Gasteiger charge is -2.34. The van der Waals surface area contributed by atoms with Crippen molar-refractivity contribution in [1.82, 2.24) is 13.9 Å². The highest BCUT2D eigenvalue weighted by molar-refractivity contribution is 7.89. The Kier molecular flexibility index (Phi) is 7.14. The molecule has 0 saturated heterocycles. The smallest absolute Gasteiger partial charge is 0.496 e. The number of imidazole rings is 1. The van der Waals surface area contributed by atoms with Crippen LogP contribution in [-0.2, 0) is 30.2 Å². The molecule has 2 aliphatic rings. The number of aromatic nitrogens is 2. The van der Waals surface area contributed by atoms with Gasteiger partial charge in [-0.3, -0.25) is 0 Å². The SMILES string of the molecule is COc1cccc2c1CN(S(=O)(=O)C(F)(F)F)C[C@H](CCC1CCCC1)N2Cc1cn(C)cn1. The van der Waals surface area contributed by atoms with Crippen molar-refractivity contribution in [1.29, 1.82) is 0 Å². The van der Waals surface area contributed by atoms with Gasteiger partial charge < -0.3 is 14.2 Å². The largest absolute Gasteiger partial charge is 0.511 e. The number of halogens is 3. The van der Waals surface area contributed by atoms with Crippen molar-refractivity contribution >= 4 is 15.7 Å². The number of anilines is 1. The van der Waals surface area contributed by atoms with Crippen molar-refractivity contribution in [3.05, 3.63) is 42.0 Å². The zero-order valence-electron chi connectivity index (χ0n) is 19.5. The Bertz CT molecular complexity index is 1100. The van der Waals surface area contributed by atoms with Gasteiger partial charge in [0.1, 0.15) is 5.75 Å². The van der Waals surface area contributed by atoms with E-state index in [9.17, 15) is 21.6 Å². The molecule has 1 atom stereocenters. The first-order valence-electron chi connectivity index (χ1n) is 11.6.